The lowest BCUT2D eigenvalue weighted by molar-refractivity contribution is 0.0730. The fraction of sp³-hybridized carbons (Fsp3) is 0.312. The molecule has 1 aliphatic heterocycles. The monoisotopic (exact) mass is 415 g/mol. The molecule has 26 heavy (non-hydrogen) atoms. The molecule has 0 spiro atoms. The van der Waals surface area contributed by atoms with Crippen molar-refractivity contribution in [2.75, 3.05) is 31.6 Å². The summed E-state index contributed by atoms with van der Waals surface area (Å²) in [5.41, 5.74) is 0.240. The van der Waals surface area contributed by atoms with Gasteiger partial charge < -0.3 is 15.4 Å². The summed E-state index contributed by atoms with van der Waals surface area (Å²) in [6.45, 7) is 1.71. The molecule has 10 heteroatoms. The minimum absolute atomic E-state index is 0.0809. The zero-order chi connectivity index (χ0) is 18.6. The van der Waals surface area contributed by atoms with Gasteiger partial charge >= 0.3 is 6.03 Å². The number of amides is 2. The van der Waals surface area contributed by atoms with Gasteiger partial charge in [0.05, 0.1) is 35.4 Å². The Labute approximate surface area is 161 Å². The van der Waals surface area contributed by atoms with Crippen LogP contribution in [0.3, 0.4) is 0 Å². The van der Waals surface area contributed by atoms with E-state index in [1.165, 1.54) is 33.8 Å². The van der Waals surface area contributed by atoms with Gasteiger partial charge in [-0.05, 0) is 29.6 Å². The minimum Gasteiger partial charge on any atom is -0.379 e. The van der Waals surface area contributed by atoms with Gasteiger partial charge in [-0.15, -0.1) is 11.3 Å². The van der Waals surface area contributed by atoms with Crippen LogP contribution >= 0.6 is 22.9 Å². The molecule has 1 fully saturated rings. The number of morpholine rings is 1. The Morgan fingerprint density at radius 3 is 2.73 bits per heavy atom. The van der Waals surface area contributed by atoms with Gasteiger partial charge in [0.1, 0.15) is 0 Å². The third-order valence-electron chi connectivity index (χ3n) is 3.80. The van der Waals surface area contributed by atoms with Gasteiger partial charge in [-0.3, -0.25) is 0 Å². The molecule has 2 N–H and O–H groups in total. The summed E-state index contributed by atoms with van der Waals surface area (Å²) in [6.07, 6.45) is 0. The molecular weight excluding hydrogens is 398 g/mol. The fourth-order valence-electron chi connectivity index (χ4n) is 2.44. The topological polar surface area (TPSA) is 87.7 Å². The molecule has 0 saturated carbocycles. The average Bonchev–Trinajstić information content (AvgIpc) is 3.16. The molecule has 0 bridgehead atoms. The van der Waals surface area contributed by atoms with Crippen LogP contribution in [0.2, 0.25) is 5.02 Å². The van der Waals surface area contributed by atoms with Crippen LogP contribution < -0.4 is 10.6 Å². The zero-order valence-electron chi connectivity index (χ0n) is 13.8. The van der Waals surface area contributed by atoms with E-state index in [9.17, 15) is 13.2 Å². The van der Waals surface area contributed by atoms with Crippen molar-refractivity contribution in [3.8, 4) is 0 Å². The second-order valence-corrected chi connectivity index (χ2v) is 8.92. The Balaban J connectivity index is 1.71. The Bertz CT molecular complexity index is 866. The molecule has 2 aromatic rings. The van der Waals surface area contributed by atoms with Crippen molar-refractivity contribution in [3.63, 3.8) is 0 Å². The molecule has 0 aliphatic carbocycles. The van der Waals surface area contributed by atoms with Crippen LogP contribution in [-0.2, 0) is 21.3 Å². The van der Waals surface area contributed by atoms with E-state index in [-0.39, 0.29) is 15.6 Å². The van der Waals surface area contributed by atoms with E-state index in [1.807, 2.05) is 17.5 Å². The molecule has 0 unspecified atom stereocenters. The molecule has 1 aliphatic rings. The van der Waals surface area contributed by atoms with E-state index in [4.69, 9.17) is 16.3 Å². The normalized spacial score (nSPS) is 15.6. The number of hydrogen-bond donors (Lipinski definition) is 2. The van der Waals surface area contributed by atoms with Crippen LogP contribution in [-0.4, -0.2) is 45.1 Å². The molecule has 140 valence electrons. The maximum absolute atomic E-state index is 12.7. The molecular formula is C16H18ClN3O4S2. The molecule has 7 nitrogen and oxygen atoms in total. The first-order valence-electron chi connectivity index (χ1n) is 7.91. The smallest absolute Gasteiger partial charge is 0.319 e. The Morgan fingerprint density at radius 1 is 1.27 bits per heavy atom. The molecule has 3 rings (SSSR count). The van der Waals surface area contributed by atoms with Crippen molar-refractivity contribution in [3.05, 3.63) is 45.6 Å². The summed E-state index contributed by atoms with van der Waals surface area (Å²) in [5.74, 6) is 0. The number of ether oxygens (including phenoxy) is 1. The number of nitrogens with one attached hydrogen (secondary N) is 2. The molecule has 0 radical (unpaired) electrons. The predicted molar refractivity (Wildman–Crippen MR) is 101 cm³/mol. The van der Waals surface area contributed by atoms with Gasteiger partial charge in [0.2, 0.25) is 10.0 Å². The second kappa shape index (κ2) is 8.36. The first kappa shape index (κ1) is 19.1. The van der Waals surface area contributed by atoms with Crippen LogP contribution in [0.1, 0.15) is 4.88 Å². The molecule has 1 aromatic heterocycles. The van der Waals surface area contributed by atoms with Crippen molar-refractivity contribution in [2.24, 2.45) is 0 Å². The maximum atomic E-state index is 12.7. The number of carbonyl (C=O) groups is 1. The lowest BCUT2D eigenvalue weighted by Gasteiger charge is -2.26. The highest BCUT2D eigenvalue weighted by atomic mass is 35.5. The number of halogens is 1. The number of hydrogen-bond acceptors (Lipinski definition) is 5. The first-order valence-corrected chi connectivity index (χ1v) is 10.6. The minimum atomic E-state index is -3.66. The van der Waals surface area contributed by atoms with Crippen LogP contribution in [0.4, 0.5) is 10.5 Å². The van der Waals surface area contributed by atoms with Crippen LogP contribution in [0.15, 0.2) is 40.6 Å². The van der Waals surface area contributed by atoms with Crippen molar-refractivity contribution in [1.29, 1.82) is 0 Å². The highest BCUT2D eigenvalue weighted by Gasteiger charge is 2.27. The molecule has 0 atom stereocenters. The molecule has 1 aromatic carbocycles. The standard InChI is InChI=1S/C16H18ClN3O4S2/c17-14-4-3-13(26(22,23)20-5-7-24-8-6-20)10-15(14)19-16(21)18-11-12-2-1-9-25-12/h1-4,9-10H,5-8,11H2,(H2,18,19,21). The Kier molecular flexibility index (Phi) is 6.15. The quantitative estimate of drug-likeness (QED) is 0.785. The number of anilines is 1. The summed E-state index contributed by atoms with van der Waals surface area (Å²) in [4.78, 5) is 13.2. The predicted octanol–water partition coefficient (Wildman–Crippen LogP) is 2.74. The number of carbonyl (C=O) groups excluding carboxylic acids is 1. The number of benzene rings is 1. The van der Waals surface area contributed by atoms with E-state index in [0.29, 0.717) is 32.8 Å². The van der Waals surface area contributed by atoms with Gasteiger partial charge in [0, 0.05) is 18.0 Å². The summed E-state index contributed by atoms with van der Waals surface area (Å²) >= 11 is 7.64. The Morgan fingerprint density at radius 2 is 2.04 bits per heavy atom. The van der Waals surface area contributed by atoms with Gasteiger partial charge in [-0.2, -0.15) is 4.31 Å². The maximum Gasteiger partial charge on any atom is 0.319 e. The van der Waals surface area contributed by atoms with E-state index >= 15 is 0 Å². The lowest BCUT2D eigenvalue weighted by atomic mass is 10.3. The number of nitrogens with zero attached hydrogens (tertiary/aromatic N) is 1. The van der Waals surface area contributed by atoms with Gasteiger partial charge in [-0.25, -0.2) is 13.2 Å². The summed E-state index contributed by atoms with van der Waals surface area (Å²) in [7, 11) is -3.66. The second-order valence-electron chi connectivity index (χ2n) is 5.55. The highest BCUT2D eigenvalue weighted by Crippen LogP contribution is 2.27. The van der Waals surface area contributed by atoms with Crippen LogP contribution in [0, 0.1) is 0 Å². The largest absolute Gasteiger partial charge is 0.379 e. The van der Waals surface area contributed by atoms with Gasteiger partial charge in [-0.1, -0.05) is 17.7 Å². The van der Waals surface area contributed by atoms with E-state index in [2.05, 4.69) is 10.6 Å². The fourth-order valence-corrected chi connectivity index (χ4v) is 4.69. The van der Waals surface area contributed by atoms with Crippen molar-refractivity contribution in [1.82, 2.24) is 9.62 Å². The summed E-state index contributed by atoms with van der Waals surface area (Å²) in [5, 5.41) is 7.49. The van der Waals surface area contributed by atoms with Gasteiger partial charge in [0.25, 0.3) is 0 Å². The van der Waals surface area contributed by atoms with Crippen LogP contribution in [0.25, 0.3) is 0 Å². The third kappa shape index (κ3) is 4.54. The average molecular weight is 416 g/mol. The summed E-state index contributed by atoms with van der Waals surface area (Å²) in [6, 6.07) is 7.62. The summed E-state index contributed by atoms with van der Waals surface area (Å²) < 4.78 is 32.0. The van der Waals surface area contributed by atoms with E-state index in [0.717, 1.165) is 4.88 Å². The van der Waals surface area contributed by atoms with Crippen LogP contribution in [0.5, 0.6) is 0 Å². The van der Waals surface area contributed by atoms with Crippen molar-refractivity contribution >= 4 is 44.7 Å². The highest BCUT2D eigenvalue weighted by molar-refractivity contribution is 7.89. The molecule has 2 amide bonds. The SMILES string of the molecule is O=C(NCc1cccs1)Nc1cc(S(=O)(=O)N2CCOCC2)ccc1Cl. The number of urea groups is 1. The number of rotatable bonds is 5. The van der Waals surface area contributed by atoms with E-state index in [1.54, 1.807) is 0 Å². The Hall–Kier alpha value is -1.65. The lowest BCUT2D eigenvalue weighted by Crippen LogP contribution is -2.40. The number of sulfonamides is 1. The van der Waals surface area contributed by atoms with E-state index < -0.39 is 16.1 Å². The zero-order valence-corrected chi connectivity index (χ0v) is 16.2. The number of thiophene rings is 1. The van der Waals surface area contributed by atoms with Gasteiger partial charge in [0.15, 0.2) is 0 Å². The first-order chi connectivity index (χ1) is 12.5. The molecule has 1 saturated heterocycles. The van der Waals surface area contributed by atoms with Crippen molar-refractivity contribution < 1.29 is 17.9 Å². The van der Waals surface area contributed by atoms with Crippen molar-refractivity contribution in [2.45, 2.75) is 11.4 Å². The molecule has 2 heterocycles. The third-order valence-corrected chi connectivity index (χ3v) is 6.90.